The number of sulfonamides is 1. The Kier molecular flexibility index (Phi) is 5.74. The molecule has 2 heterocycles. The van der Waals surface area contributed by atoms with E-state index < -0.39 is 10.0 Å². The minimum absolute atomic E-state index is 0.271. The predicted molar refractivity (Wildman–Crippen MR) is 83.6 cm³/mol. The molecule has 0 aromatic rings. The molecule has 2 fully saturated rings. The Hall–Kier alpha value is 0.160. The first kappa shape index (κ1) is 16.5. The lowest BCUT2D eigenvalue weighted by Gasteiger charge is -2.38. The molecule has 2 saturated heterocycles. The van der Waals surface area contributed by atoms with Gasteiger partial charge in [0.05, 0.1) is 6.26 Å². The Morgan fingerprint density at radius 2 is 1.85 bits per heavy atom. The third-order valence-corrected chi connectivity index (χ3v) is 6.37. The lowest BCUT2D eigenvalue weighted by Crippen LogP contribution is -2.45. The van der Waals surface area contributed by atoms with Gasteiger partial charge in [-0.25, -0.2) is 12.7 Å². The van der Waals surface area contributed by atoms with E-state index in [9.17, 15) is 8.42 Å². The van der Waals surface area contributed by atoms with Crippen LogP contribution in [0, 0.1) is 11.8 Å². The highest BCUT2D eigenvalue weighted by molar-refractivity contribution is 7.88. The highest BCUT2D eigenvalue weighted by atomic mass is 35.5. The lowest BCUT2D eigenvalue weighted by atomic mass is 9.92. The van der Waals surface area contributed by atoms with Gasteiger partial charge >= 0.3 is 0 Å². The maximum atomic E-state index is 11.6. The standard InChI is InChI=1S/C14H27ClN2O2S/c1-12(15)14-5-8-16(9-6-14)10-13-4-3-7-17(11-13)20(2,18)19/h12-14H,3-11H2,1-2H3. The van der Waals surface area contributed by atoms with Crippen LogP contribution in [0.3, 0.4) is 0 Å². The Morgan fingerprint density at radius 1 is 1.20 bits per heavy atom. The molecule has 0 aliphatic carbocycles. The van der Waals surface area contributed by atoms with E-state index in [2.05, 4.69) is 11.8 Å². The number of hydrogen-bond donors (Lipinski definition) is 0. The molecular weight excluding hydrogens is 296 g/mol. The van der Waals surface area contributed by atoms with Gasteiger partial charge in [0.1, 0.15) is 0 Å². The lowest BCUT2D eigenvalue weighted by molar-refractivity contribution is 0.135. The van der Waals surface area contributed by atoms with Crippen molar-refractivity contribution < 1.29 is 8.42 Å². The van der Waals surface area contributed by atoms with Crippen molar-refractivity contribution in [1.82, 2.24) is 9.21 Å². The molecule has 4 nitrogen and oxygen atoms in total. The third kappa shape index (κ3) is 4.58. The number of rotatable bonds is 4. The fourth-order valence-electron chi connectivity index (χ4n) is 3.44. The molecule has 2 unspecified atom stereocenters. The molecule has 0 saturated carbocycles. The van der Waals surface area contributed by atoms with Gasteiger partial charge in [0.15, 0.2) is 0 Å². The van der Waals surface area contributed by atoms with Crippen LogP contribution in [0.4, 0.5) is 0 Å². The van der Waals surface area contributed by atoms with Crippen LogP contribution in [-0.4, -0.2) is 62.0 Å². The molecule has 0 aromatic carbocycles. The Bertz CT molecular complexity index is 405. The van der Waals surface area contributed by atoms with Crippen LogP contribution >= 0.6 is 11.6 Å². The molecule has 0 amide bonds. The average Bonchev–Trinajstić information content (AvgIpc) is 2.38. The molecule has 0 spiro atoms. The topological polar surface area (TPSA) is 40.6 Å². The van der Waals surface area contributed by atoms with Gasteiger partial charge in [0.2, 0.25) is 10.0 Å². The molecule has 6 heteroatoms. The highest BCUT2D eigenvalue weighted by Gasteiger charge is 2.29. The van der Waals surface area contributed by atoms with Crippen LogP contribution in [0.2, 0.25) is 0 Å². The van der Waals surface area contributed by atoms with Crippen LogP contribution in [0.1, 0.15) is 32.6 Å². The van der Waals surface area contributed by atoms with E-state index in [1.165, 1.54) is 19.1 Å². The van der Waals surface area contributed by atoms with E-state index in [4.69, 9.17) is 11.6 Å². The van der Waals surface area contributed by atoms with E-state index in [0.29, 0.717) is 24.9 Å². The number of piperidine rings is 2. The fraction of sp³-hybridized carbons (Fsp3) is 1.00. The number of alkyl halides is 1. The third-order valence-electron chi connectivity index (χ3n) is 4.75. The van der Waals surface area contributed by atoms with Gasteiger partial charge in [-0.2, -0.15) is 0 Å². The second-order valence-electron chi connectivity index (χ2n) is 6.44. The zero-order chi connectivity index (χ0) is 14.8. The molecule has 2 aliphatic heterocycles. The summed E-state index contributed by atoms with van der Waals surface area (Å²) in [5.74, 6) is 1.13. The summed E-state index contributed by atoms with van der Waals surface area (Å²) in [5.41, 5.74) is 0. The number of hydrogen-bond acceptors (Lipinski definition) is 3. The SMILES string of the molecule is CC(Cl)C1CCN(CC2CCCN(S(C)(=O)=O)C2)CC1. The Morgan fingerprint density at radius 3 is 2.40 bits per heavy atom. The van der Waals surface area contributed by atoms with Crippen molar-refractivity contribution in [2.24, 2.45) is 11.8 Å². The molecule has 20 heavy (non-hydrogen) atoms. The van der Waals surface area contributed by atoms with E-state index in [0.717, 1.165) is 32.5 Å². The second-order valence-corrected chi connectivity index (χ2v) is 9.12. The second kappa shape index (κ2) is 6.95. The summed E-state index contributed by atoms with van der Waals surface area (Å²) >= 11 is 6.17. The summed E-state index contributed by atoms with van der Waals surface area (Å²) < 4.78 is 24.9. The van der Waals surface area contributed by atoms with E-state index in [1.807, 2.05) is 0 Å². The summed E-state index contributed by atoms with van der Waals surface area (Å²) in [5, 5.41) is 0.271. The number of likely N-dealkylation sites (tertiary alicyclic amines) is 1. The van der Waals surface area contributed by atoms with E-state index in [1.54, 1.807) is 4.31 Å². The molecule has 118 valence electrons. The maximum absolute atomic E-state index is 11.6. The largest absolute Gasteiger partial charge is 0.303 e. The molecule has 2 atom stereocenters. The van der Waals surface area contributed by atoms with Gasteiger partial charge < -0.3 is 4.90 Å². The quantitative estimate of drug-likeness (QED) is 0.743. The van der Waals surface area contributed by atoms with Crippen LogP contribution in [-0.2, 0) is 10.0 Å². The molecular formula is C14H27ClN2O2S. The molecule has 0 radical (unpaired) electrons. The summed E-state index contributed by atoms with van der Waals surface area (Å²) in [6.07, 6.45) is 5.81. The molecule has 2 aliphatic rings. The fourth-order valence-corrected chi connectivity index (χ4v) is 4.63. The van der Waals surface area contributed by atoms with Gasteiger partial charge in [-0.15, -0.1) is 11.6 Å². The molecule has 2 rings (SSSR count). The Labute approximate surface area is 128 Å². The van der Waals surface area contributed by atoms with Crippen molar-refractivity contribution in [3.05, 3.63) is 0 Å². The van der Waals surface area contributed by atoms with E-state index in [-0.39, 0.29) is 5.38 Å². The monoisotopic (exact) mass is 322 g/mol. The van der Waals surface area contributed by atoms with Crippen molar-refractivity contribution in [2.75, 3.05) is 39.0 Å². The zero-order valence-corrected chi connectivity index (χ0v) is 14.2. The van der Waals surface area contributed by atoms with Gasteiger partial charge in [0, 0.05) is 25.0 Å². The van der Waals surface area contributed by atoms with Crippen LogP contribution in [0.25, 0.3) is 0 Å². The maximum Gasteiger partial charge on any atom is 0.211 e. The summed E-state index contributed by atoms with van der Waals surface area (Å²) in [6, 6.07) is 0. The molecule has 0 N–H and O–H groups in total. The summed E-state index contributed by atoms with van der Waals surface area (Å²) in [4.78, 5) is 2.49. The van der Waals surface area contributed by atoms with Crippen molar-refractivity contribution in [3.63, 3.8) is 0 Å². The van der Waals surface area contributed by atoms with Crippen molar-refractivity contribution in [1.29, 1.82) is 0 Å². The van der Waals surface area contributed by atoms with Crippen molar-refractivity contribution in [3.8, 4) is 0 Å². The Balaban J connectivity index is 1.79. The minimum Gasteiger partial charge on any atom is -0.303 e. The van der Waals surface area contributed by atoms with Crippen LogP contribution < -0.4 is 0 Å². The zero-order valence-electron chi connectivity index (χ0n) is 12.6. The summed E-state index contributed by atoms with van der Waals surface area (Å²) in [6.45, 7) is 6.74. The van der Waals surface area contributed by atoms with Crippen molar-refractivity contribution in [2.45, 2.75) is 38.0 Å². The molecule has 0 aromatic heterocycles. The van der Waals surface area contributed by atoms with Gasteiger partial charge in [-0.05, 0) is 57.5 Å². The van der Waals surface area contributed by atoms with Gasteiger partial charge in [-0.3, -0.25) is 0 Å². The van der Waals surface area contributed by atoms with Crippen LogP contribution in [0.5, 0.6) is 0 Å². The van der Waals surface area contributed by atoms with Crippen LogP contribution in [0.15, 0.2) is 0 Å². The first-order chi connectivity index (χ1) is 9.36. The number of halogens is 1. The minimum atomic E-state index is -3.02. The normalized spacial score (nSPS) is 29.4. The first-order valence-corrected chi connectivity index (χ1v) is 9.96. The number of nitrogens with zero attached hydrogens (tertiary/aromatic N) is 2. The smallest absolute Gasteiger partial charge is 0.211 e. The van der Waals surface area contributed by atoms with Crippen molar-refractivity contribution >= 4 is 21.6 Å². The van der Waals surface area contributed by atoms with Gasteiger partial charge in [-0.1, -0.05) is 0 Å². The first-order valence-electron chi connectivity index (χ1n) is 7.68. The highest BCUT2D eigenvalue weighted by Crippen LogP contribution is 2.26. The molecule has 0 bridgehead atoms. The predicted octanol–water partition coefficient (Wildman–Crippen LogP) is 2.00. The van der Waals surface area contributed by atoms with Gasteiger partial charge in [0.25, 0.3) is 0 Å². The summed E-state index contributed by atoms with van der Waals surface area (Å²) in [7, 11) is -3.02. The van der Waals surface area contributed by atoms with E-state index >= 15 is 0 Å². The average molecular weight is 323 g/mol.